The van der Waals surface area contributed by atoms with Crippen LogP contribution in [0, 0.1) is 0 Å². The number of carboxylic acids is 2. The SMILES string of the molecule is CC(c1ccccc1C(=O)[O-])c1ccccc1C(=O)[O-].[K+].[K+]. The Morgan fingerprint density at radius 2 is 1.09 bits per heavy atom. The number of aromatic carboxylic acids is 2. The quantitative estimate of drug-likeness (QED) is 0.518. The largest absolute Gasteiger partial charge is 1.00 e. The molecule has 0 aliphatic carbocycles. The van der Waals surface area contributed by atoms with Crippen molar-refractivity contribution in [1.82, 2.24) is 0 Å². The Bertz CT molecular complexity index is 613. The van der Waals surface area contributed by atoms with Gasteiger partial charge in [0.05, 0.1) is 11.9 Å². The van der Waals surface area contributed by atoms with Gasteiger partial charge in [-0.15, -0.1) is 0 Å². The summed E-state index contributed by atoms with van der Waals surface area (Å²) < 4.78 is 0. The fourth-order valence-corrected chi connectivity index (χ4v) is 2.29. The molecule has 0 bridgehead atoms. The maximum atomic E-state index is 11.1. The molecule has 0 unspecified atom stereocenters. The summed E-state index contributed by atoms with van der Waals surface area (Å²) in [6.07, 6.45) is 0. The number of hydrogen-bond donors (Lipinski definition) is 0. The van der Waals surface area contributed by atoms with Crippen molar-refractivity contribution in [3.63, 3.8) is 0 Å². The summed E-state index contributed by atoms with van der Waals surface area (Å²) in [5.41, 5.74) is 1.16. The van der Waals surface area contributed by atoms with Crippen molar-refractivity contribution < 1.29 is 123 Å². The predicted molar refractivity (Wildman–Crippen MR) is 69.1 cm³/mol. The molecule has 2 aromatic rings. The van der Waals surface area contributed by atoms with Crippen LogP contribution >= 0.6 is 0 Å². The summed E-state index contributed by atoms with van der Waals surface area (Å²) in [7, 11) is 0. The van der Waals surface area contributed by atoms with Crippen molar-refractivity contribution in [3.05, 3.63) is 70.8 Å². The minimum atomic E-state index is -1.28. The molecule has 0 aliphatic rings. The third kappa shape index (κ3) is 5.34. The summed E-state index contributed by atoms with van der Waals surface area (Å²) in [5.74, 6) is -2.95. The number of carboxylic acid groups (broad SMARTS) is 2. The third-order valence-corrected chi connectivity index (χ3v) is 3.29. The first-order chi connectivity index (χ1) is 9.52. The molecular weight excluding hydrogens is 334 g/mol. The van der Waals surface area contributed by atoms with Gasteiger partial charge in [-0.2, -0.15) is 0 Å². The standard InChI is InChI=1S/C16H14O4.2K/c1-10(11-6-2-4-8-13(11)15(17)18)12-7-3-5-9-14(12)16(19)20;;/h2-10H,1H3,(H,17,18)(H,19,20);;/q;2*+1/p-2. The first kappa shape index (κ1) is 22.7. The Balaban J connectivity index is 0.00000220. The molecule has 0 radical (unpaired) electrons. The molecule has 102 valence electrons. The first-order valence-corrected chi connectivity index (χ1v) is 6.13. The van der Waals surface area contributed by atoms with Crippen LogP contribution < -0.4 is 113 Å². The van der Waals surface area contributed by atoms with E-state index in [2.05, 4.69) is 0 Å². The Kier molecular flexibility index (Phi) is 10.8. The zero-order chi connectivity index (χ0) is 14.7. The molecule has 0 saturated carbocycles. The van der Waals surface area contributed by atoms with Gasteiger partial charge >= 0.3 is 103 Å². The van der Waals surface area contributed by atoms with Crippen LogP contribution in [-0.4, -0.2) is 11.9 Å². The molecule has 0 N–H and O–H groups in total. The van der Waals surface area contributed by atoms with Crippen LogP contribution in [0.3, 0.4) is 0 Å². The number of benzene rings is 2. The van der Waals surface area contributed by atoms with Crippen LogP contribution in [0.15, 0.2) is 48.5 Å². The van der Waals surface area contributed by atoms with Crippen LogP contribution in [-0.2, 0) is 0 Å². The topological polar surface area (TPSA) is 80.3 Å². The van der Waals surface area contributed by atoms with E-state index in [9.17, 15) is 19.8 Å². The molecule has 0 fully saturated rings. The number of rotatable bonds is 4. The fourth-order valence-electron chi connectivity index (χ4n) is 2.29. The van der Waals surface area contributed by atoms with Crippen molar-refractivity contribution >= 4 is 11.9 Å². The summed E-state index contributed by atoms with van der Waals surface area (Å²) in [6.45, 7) is 1.75. The van der Waals surface area contributed by atoms with E-state index in [0.29, 0.717) is 11.1 Å². The van der Waals surface area contributed by atoms with Crippen molar-refractivity contribution in [2.45, 2.75) is 12.8 Å². The Morgan fingerprint density at radius 3 is 1.41 bits per heavy atom. The predicted octanol–water partition coefficient (Wildman–Crippen LogP) is -5.43. The second-order valence-electron chi connectivity index (χ2n) is 4.47. The maximum absolute atomic E-state index is 11.1. The van der Waals surface area contributed by atoms with Gasteiger partial charge in [0.1, 0.15) is 0 Å². The zero-order valence-electron chi connectivity index (χ0n) is 12.8. The van der Waals surface area contributed by atoms with Crippen molar-refractivity contribution in [3.8, 4) is 0 Å². The van der Waals surface area contributed by atoms with E-state index in [0.717, 1.165) is 0 Å². The molecule has 4 nitrogen and oxygen atoms in total. The van der Waals surface area contributed by atoms with Gasteiger partial charge < -0.3 is 19.8 Å². The van der Waals surface area contributed by atoms with Gasteiger partial charge in [0.15, 0.2) is 0 Å². The average molecular weight is 346 g/mol. The second-order valence-corrected chi connectivity index (χ2v) is 4.47. The fraction of sp³-hybridized carbons (Fsp3) is 0.125. The molecular formula is C16H12K2O4. The summed E-state index contributed by atoms with van der Waals surface area (Å²) in [6, 6.07) is 12.8. The average Bonchev–Trinajstić information content (AvgIpc) is 2.46. The van der Waals surface area contributed by atoms with Crippen LogP contribution in [0.1, 0.15) is 44.7 Å². The molecule has 0 saturated heterocycles. The van der Waals surface area contributed by atoms with Crippen molar-refractivity contribution in [2.24, 2.45) is 0 Å². The Labute approximate surface area is 214 Å². The van der Waals surface area contributed by atoms with Gasteiger partial charge in [-0.05, 0) is 11.1 Å². The first-order valence-electron chi connectivity index (χ1n) is 6.13. The summed E-state index contributed by atoms with van der Waals surface area (Å²) in [4.78, 5) is 22.3. The van der Waals surface area contributed by atoms with Gasteiger partial charge in [-0.1, -0.05) is 55.5 Å². The monoisotopic (exact) mass is 346 g/mol. The van der Waals surface area contributed by atoms with Crippen LogP contribution in [0.4, 0.5) is 0 Å². The van der Waals surface area contributed by atoms with E-state index in [1.807, 2.05) is 0 Å². The van der Waals surface area contributed by atoms with E-state index in [1.54, 1.807) is 43.3 Å². The Morgan fingerprint density at radius 1 is 0.773 bits per heavy atom. The normalized spacial score (nSPS) is 9.55. The molecule has 2 rings (SSSR count). The van der Waals surface area contributed by atoms with Crippen LogP contribution in [0.25, 0.3) is 0 Å². The van der Waals surface area contributed by atoms with Gasteiger partial charge in [0.2, 0.25) is 0 Å². The Hall–Kier alpha value is 0.653. The summed E-state index contributed by atoms with van der Waals surface area (Å²) in [5, 5.41) is 22.3. The van der Waals surface area contributed by atoms with E-state index < -0.39 is 17.9 Å². The van der Waals surface area contributed by atoms with Gasteiger partial charge in [-0.25, -0.2) is 0 Å². The number of hydrogen-bond acceptors (Lipinski definition) is 4. The molecule has 22 heavy (non-hydrogen) atoms. The smallest absolute Gasteiger partial charge is 0.545 e. The van der Waals surface area contributed by atoms with E-state index in [-0.39, 0.29) is 114 Å². The number of carbonyl (C=O) groups is 2. The summed E-state index contributed by atoms with van der Waals surface area (Å²) >= 11 is 0. The van der Waals surface area contributed by atoms with Crippen molar-refractivity contribution in [1.29, 1.82) is 0 Å². The zero-order valence-corrected chi connectivity index (χ0v) is 19.1. The van der Waals surface area contributed by atoms with Crippen LogP contribution in [0.2, 0.25) is 0 Å². The van der Waals surface area contributed by atoms with Gasteiger partial charge in [0.25, 0.3) is 0 Å². The third-order valence-electron chi connectivity index (χ3n) is 3.29. The van der Waals surface area contributed by atoms with E-state index >= 15 is 0 Å². The second kappa shape index (κ2) is 10.5. The molecule has 0 aromatic heterocycles. The minimum absolute atomic E-state index is 0. The van der Waals surface area contributed by atoms with Crippen LogP contribution in [0.5, 0.6) is 0 Å². The minimum Gasteiger partial charge on any atom is -0.545 e. The molecule has 0 heterocycles. The number of carbonyl (C=O) groups excluding carboxylic acids is 2. The molecule has 0 amide bonds. The maximum Gasteiger partial charge on any atom is 1.00 e. The van der Waals surface area contributed by atoms with Crippen molar-refractivity contribution in [2.75, 3.05) is 0 Å². The molecule has 0 aliphatic heterocycles. The van der Waals surface area contributed by atoms with Gasteiger partial charge in [-0.3, -0.25) is 0 Å². The van der Waals surface area contributed by atoms with E-state index in [1.165, 1.54) is 12.1 Å². The molecule has 0 atom stereocenters. The molecule has 0 spiro atoms. The van der Waals surface area contributed by atoms with E-state index in [4.69, 9.17) is 0 Å². The molecule has 2 aromatic carbocycles. The van der Waals surface area contributed by atoms with Gasteiger partial charge in [0, 0.05) is 17.0 Å². The molecule has 6 heteroatoms.